The zero-order chi connectivity index (χ0) is 12.0. The van der Waals surface area contributed by atoms with Crippen molar-refractivity contribution in [1.29, 1.82) is 0 Å². The number of halogens is 1. The summed E-state index contributed by atoms with van der Waals surface area (Å²) in [4.78, 5) is 15.1. The molecule has 5 heteroatoms. The number of hydrogen-bond acceptors (Lipinski definition) is 3. The second-order valence-electron chi connectivity index (χ2n) is 4.96. The van der Waals surface area contributed by atoms with E-state index in [0.717, 1.165) is 25.7 Å². The Morgan fingerprint density at radius 1 is 1.47 bits per heavy atom. The molecule has 2 bridgehead atoms. The van der Waals surface area contributed by atoms with Crippen LogP contribution in [0.2, 0.25) is 0 Å². The number of piperidine rings is 1. The lowest BCUT2D eigenvalue weighted by atomic mass is 10.0. The van der Waals surface area contributed by atoms with Gasteiger partial charge in [0, 0.05) is 16.9 Å². The number of rotatable bonds is 1. The van der Waals surface area contributed by atoms with Crippen molar-refractivity contribution in [3.8, 4) is 0 Å². The third kappa shape index (κ3) is 1.80. The third-order valence-corrected chi connectivity index (χ3v) is 4.64. The van der Waals surface area contributed by atoms with Crippen LogP contribution >= 0.6 is 15.9 Å². The maximum absolute atomic E-state index is 12.5. The standard InChI is InChI=1S/C12H15BrN2O2/c1-7-11(6-14-17-7)12(16)15-9-2-3-10(15)5-8(13)4-9/h6,8-10H,2-5H2,1H3. The summed E-state index contributed by atoms with van der Waals surface area (Å²) in [6, 6.07) is 0.778. The van der Waals surface area contributed by atoms with Crippen LogP contribution in [-0.4, -0.2) is 32.9 Å². The first-order chi connectivity index (χ1) is 8.16. The molecule has 0 spiro atoms. The Bertz CT molecular complexity index is 431. The fraction of sp³-hybridized carbons (Fsp3) is 0.667. The molecule has 4 nitrogen and oxygen atoms in total. The summed E-state index contributed by atoms with van der Waals surface area (Å²) >= 11 is 3.68. The minimum Gasteiger partial charge on any atom is -0.361 e. The van der Waals surface area contributed by atoms with E-state index in [4.69, 9.17) is 4.52 Å². The van der Waals surface area contributed by atoms with E-state index < -0.39 is 0 Å². The van der Waals surface area contributed by atoms with Gasteiger partial charge in [0.05, 0.1) is 6.20 Å². The van der Waals surface area contributed by atoms with E-state index in [-0.39, 0.29) is 5.91 Å². The average molecular weight is 299 g/mol. The molecule has 1 aromatic rings. The van der Waals surface area contributed by atoms with Crippen molar-refractivity contribution in [2.45, 2.75) is 49.5 Å². The summed E-state index contributed by atoms with van der Waals surface area (Å²) in [6.45, 7) is 1.79. The molecule has 17 heavy (non-hydrogen) atoms. The SMILES string of the molecule is Cc1oncc1C(=O)N1C2CCC1CC(Br)C2. The summed E-state index contributed by atoms with van der Waals surface area (Å²) in [5, 5.41) is 3.69. The maximum atomic E-state index is 12.5. The molecule has 0 aliphatic carbocycles. The normalized spacial score (nSPS) is 31.9. The summed E-state index contributed by atoms with van der Waals surface area (Å²) in [7, 11) is 0. The third-order valence-electron chi connectivity index (χ3n) is 3.89. The van der Waals surface area contributed by atoms with E-state index >= 15 is 0 Å². The highest BCUT2D eigenvalue weighted by atomic mass is 79.9. The van der Waals surface area contributed by atoms with Gasteiger partial charge in [-0.15, -0.1) is 0 Å². The molecular weight excluding hydrogens is 284 g/mol. The second kappa shape index (κ2) is 4.12. The van der Waals surface area contributed by atoms with Gasteiger partial charge in [-0.2, -0.15) is 0 Å². The van der Waals surface area contributed by atoms with Gasteiger partial charge in [0.15, 0.2) is 0 Å². The Labute approximate surface area is 108 Å². The number of fused-ring (bicyclic) bond motifs is 2. The van der Waals surface area contributed by atoms with E-state index in [1.807, 2.05) is 0 Å². The largest absolute Gasteiger partial charge is 0.361 e. The molecule has 92 valence electrons. The van der Waals surface area contributed by atoms with Gasteiger partial charge in [0.25, 0.3) is 5.91 Å². The number of carbonyl (C=O) groups is 1. The molecule has 0 aromatic carbocycles. The molecule has 2 fully saturated rings. The van der Waals surface area contributed by atoms with E-state index in [2.05, 4.69) is 26.0 Å². The quantitative estimate of drug-likeness (QED) is 0.749. The first-order valence-electron chi connectivity index (χ1n) is 6.05. The molecule has 0 radical (unpaired) electrons. The van der Waals surface area contributed by atoms with Crippen LogP contribution in [0.3, 0.4) is 0 Å². The number of alkyl halides is 1. The van der Waals surface area contributed by atoms with Gasteiger partial charge >= 0.3 is 0 Å². The lowest BCUT2D eigenvalue weighted by Crippen LogP contribution is -2.46. The first-order valence-corrected chi connectivity index (χ1v) is 6.96. The minimum atomic E-state index is 0.0932. The van der Waals surface area contributed by atoms with Crippen LogP contribution in [0.25, 0.3) is 0 Å². The smallest absolute Gasteiger partial charge is 0.259 e. The average Bonchev–Trinajstić information content (AvgIpc) is 2.81. The highest BCUT2D eigenvalue weighted by Crippen LogP contribution is 2.39. The van der Waals surface area contributed by atoms with Gasteiger partial charge < -0.3 is 9.42 Å². The van der Waals surface area contributed by atoms with Gasteiger partial charge in [-0.05, 0) is 32.6 Å². The highest BCUT2D eigenvalue weighted by molar-refractivity contribution is 9.09. The van der Waals surface area contributed by atoms with E-state index in [1.54, 1.807) is 6.92 Å². The molecule has 2 aliphatic heterocycles. The van der Waals surface area contributed by atoms with Crippen LogP contribution in [0.4, 0.5) is 0 Å². The zero-order valence-electron chi connectivity index (χ0n) is 9.73. The Balaban J connectivity index is 1.86. The Morgan fingerprint density at radius 3 is 2.65 bits per heavy atom. The van der Waals surface area contributed by atoms with Crippen LogP contribution in [0, 0.1) is 6.92 Å². The summed E-state index contributed by atoms with van der Waals surface area (Å²) in [6.07, 6.45) is 5.92. The highest BCUT2D eigenvalue weighted by Gasteiger charge is 2.43. The number of hydrogen-bond donors (Lipinski definition) is 0. The number of amides is 1. The molecule has 2 aliphatic rings. The van der Waals surface area contributed by atoms with Crippen LogP contribution < -0.4 is 0 Å². The first kappa shape index (κ1) is 11.3. The van der Waals surface area contributed by atoms with E-state index in [0.29, 0.717) is 28.2 Å². The predicted molar refractivity (Wildman–Crippen MR) is 66.2 cm³/mol. The van der Waals surface area contributed by atoms with E-state index in [9.17, 15) is 4.79 Å². The molecule has 1 amide bonds. The van der Waals surface area contributed by atoms with Gasteiger partial charge in [0.2, 0.25) is 0 Å². The summed E-state index contributed by atoms with van der Waals surface area (Å²) in [5.74, 6) is 0.714. The number of aryl methyl sites for hydroxylation is 1. The zero-order valence-corrected chi connectivity index (χ0v) is 11.3. The lowest BCUT2D eigenvalue weighted by molar-refractivity contribution is 0.0601. The topological polar surface area (TPSA) is 46.3 Å². The molecule has 0 N–H and O–H groups in total. The maximum Gasteiger partial charge on any atom is 0.259 e. The van der Waals surface area contributed by atoms with Crippen molar-refractivity contribution < 1.29 is 9.32 Å². The Morgan fingerprint density at radius 2 is 2.12 bits per heavy atom. The monoisotopic (exact) mass is 298 g/mol. The molecule has 0 saturated carbocycles. The van der Waals surface area contributed by atoms with Crippen LogP contribution in [-0.2, 0) is 0 Å². The Kier molecular flexibility index (Phi) is 2.73. The van der Waals surface area contributed by atoms with Gasteiger partial charge in [0.1, 0.15) is 11.3 Å². The molecule has 2 atom stereocenters. The predicted octanol–water partition coefficient (Wildman–Crippen LogP) is 2.51. The van der Waals surface area contributed by atoms with Gasteiger partial charge in [-0.3, -0.25) is 4.79 Å². The van der Waals surface area contributed by atoms with Crippen molar-refractivity contribution in [1.82, 2.24) is 10.1 Å². The van der Waals surface area contributed by atoms with Crippen LogP contribution in [0.1, 0.15) is 41.8 Å². The number of nitrogens with zero attached hydrogens (tertiary/aromatic N) is 2. The molecule has 3 heterocycles. The van der Waals surface area contributed by atoms with E-state index in [1.165, 1.54) is 6.20 Å². The fourth-order valence-electron chi connectivity index (χ4n) is 3.09. The van der Waals surface area contributed by atoms with Crippen molar-refractivity contribution in [3.63, 3.8) is 0 Å². The summed E-state index contributed by atoms with van der Waals surface area (Å²) < 4.78 is 4.98. The molecule has 2 unspecified atom stereocenters. The second-order valence-corrected chi connectivity index (χ2v) is 6.26. The fourth-order valence-corrected chi connectivity index (χ4v) is 3.95. The van der Waals surface area contributed by atoms with Crippen molar-refractivity contribution in [2.75, 3.05) is 0 Å². The van der Waals surface area contributed by atoms with Crippen molar-refractivity contribution in [2.24, 2.45) is 0 Å². The van der Waals surface area contributed by atoms with Gasteiger partial charge in [-0.1, -0.05) is 21.1 Å². The van der Waals surface area contributed by atoms with Gasteiger partial charge in [-0.25, -0.2) is 0 Å². The molecule has 2 saturated heterocycles. The number of carbonyl (C=O) groups excluding carboxylic acids is 1. The number of aromatic nitrogens is 1. The molecule has 1 aromatic heterocycles. The van der Waals surface area contributed by atoms with Crippen LogP contribution in [0.15, 0.2) is 10.7 Å². The lowest BCUT2D eigenvalue weighted by Gasteiger charge is -2.37. The van der Waals surface area contributed by atoms with Crippen molar-refractivity contribution >= 4 is 21.8 Å². The van der Waals surface area contributed by atoms with Crippen LogP contribution in [0.5, 0.6) is 0 Å². The van der Waals surface area contributed by atoms with Crippen molar-refractivity contribution in [3.05, 3.63) is 17.5 Å². The minimum absolute atomic E-state index is 0.0932. The molecular formula is C12H15BrN2O2. The molecule has 3 rings (SSSR count). The summed E-state index contributed by atoms with van der Waals surface area (Å²) in [5.41, 5.74) is 0.620. The Hall–Kier alpha value is -0.840.